The molecule has 0 aliphatic heterocycles. The van der Waals surface area contributed by atoms with Crippen LogP contribution >= 0.6 is 12.4 Å². The lowest BCUT2D eigenvalue weighted by atomic mass is 10.1. The van der Waals surface area contributed by atoms with Gasteiger partial charge in [0.2, 0.25) is 0 Å². The number of aromatic nitrogens is 2. The number of nitrogens with zero attached hydrogens (tertiary/aromatic N) is 2. The van der Waals surface area contributed by atoms with Crippen LogP contribution < -0.4 is 10.6 Å². The minimum atomic E-state index is -0.102. The van der Waals surface area contributed by atoms with Crippen molar-refractivity contribution in [2.24, 2.45) is 0 Å². The van der Waals surface area contributed by atoms with Crippen LogP contribution in [-0.2, 0) is 12.0 Å². The zero-order valence-corrected chi connectivity index (χ0v) is 13.2. The molecule has 0 bridgehead atoms. The first kappa shape index (κ1) is 17.9. The molecule has 19 heavy (non-hydrogen) atoms. The summed E-state index contributed by atoms with van der Waals surface area (Å²) in [7, 11) is 1.86. The Morgan fingerprint density at radius 1 is 1.37 bits per heavy atom. The third-order valence-electron chi connectivity index (χ3n) is 2.74. The van der Waals surface area contributed by atoms with Gasteiger partial charge in [0.05, 0.1) is 23.0 Å². The Hall–Kier alpha value is -1.07. The predicted molar refractivity (Wildman–Crippen MR) is 80.1 cm³/mol. The van der Waals surface area contributed by atoms with Crippen molar-refractivity contribution in [1.29, 1.82) is 0 Å². The van der Waals surface area contributed by atoms with E-state index in [0.717, 1.165) is 18.7 Å². The van der Waals surface area contributed by atoms with Crippen LogP contribution in [0.25, 0.3) is 0 Å². The number of likely N-dealkylation sites (N-methyl/N-ethyl adjacent to an activating group) is 1. The molecule has 1 amide bonds. The maximum atomic E-state index is 12.0. The van der Waals surface area contributed by atoms with Crippen LogP contribution in [0.3, 0.4) is 0 Å². The highest BCUT2D eigenvalue weighted by Crippen LogP contribution is 2.19. The average molecular weight is 289 g/mol. The van der Waals surface area contributed by atoms with Gasteiger partial charge in [0.1, 0.15) is 0 Å². The van der Waals surface area contributed by atoms with E-state index in [-0.39, 0.29) is 23.9 Å². The molecule has 0 aliphatic carbocycles. The Bertz CT molecular complexity index is 409. The van der Waals surface area contributed by atoms with E-state index in [2.05, 4.69) is 36.5 Å². The van der Waals surface area contributed by atoms with Gasteiger partial charge in [-0.25, -0.2) is 0 Å². The number of carbonyl (C=O) groups is 1. The number of halogens is 1. The summed E-state index contributed by atoms with van der Waals surface area (Å²) < 4.78 is 1.93. The molecule has 0 radical (unpaired) electrons. The van der Waals surface area contributed by atoms with Crippen LogP contribution in [0.2, 0.25) is 0 Å². The van der Waals surface area contributed by atoms with Gasteiger partial charge in [-0.15, -0.1) is 12.4 Å². The van der Waals surface area contributed by atoms with Crippen LogP contribution in [0.4, 0.5) is 0 Å². The SMILES string of the molecule is CCc1c(C(=O)NCCNC)cnn1C(C)(C)C.Cl. The fourth-order valence-corrected chi connectivity index (χ4v) is 1.88. The van der Waals surface area contributed by atoms with Crippen LogP contribution in [-0.4, -0.2) is 35.8 Å². The summed E-state index contributed by atoms with van der Waals surface area (Å²) in [5.41, 5.74) is 1.57. The molecule has 0 fully saturated rings. The Morgan fingerprint density at radius 3 is 2.47 bits per heavy atom. The summed E-state index contributed by atoms with van der Waals surface area (Å²) in [5.74, 6) is -0.0439. The first-order valence-electron chi connectivity index (χ1n) is 6.42. The van der Waals surface area contributed by atoms with Gasteiger partial charge in [-0.2, -0.15) is 5.10 Å². The highest BCUT2D eigenvalue weighted by molar-refractivity contribution is 5.95. The second-order valence-electron chi connectivity index (χ2n) is 5.30. The minimum Gasteiger partial charge on any atom is -0.351 e. The van der Waals surface area contributed by atoms with Crippen molar-refractivity contribution in [1.82, 2.24) is 20.4 Å². The second-order valence-corrected chi connectivity index (χ2v) is 5.30. The molecule has 5 nitrogen and oxygen atoms in total. The molecular weight excluding hydrogens is 264 g/mol. The van der Waals surface area contributed by atoms with E-state index in [1.54, 1.807) is 6.20 Å². The molecule has 1 aromatic rings. The molecule has 0 saturated heterocycles. The first-order valence-corrected chi connectivity index (χ1v) is 6.42. The Balaban J connectivity index is 0.00000324. The second kappa shape index (κ2) is 7.50. The number of amides is 1. The maximum absolute atomic E-state index is 12.0. The normalized spacial score (nSPS) is 11.0. The lowest BCUT2D eigenvalue weighted by Gasteiger charge is -2.22. The number of nitrogens with one attached hydrogen (secondary N) is 2. The van der Waals surface area contributed by atoms with E-state index < -0.39 is 0 Å². The smallest absolute Gasteiger partial charge is 0.254 e. The van der Waals surface area contributed by atoms with Gasteiger partial charge in [-0.1, -0.05) is 6.92 Å². The average Bonchev–Trinajstić information content (AvgIpc) is 2.72. The molecule has 1 heterocycles. The van der Waals surface area contributed by atoms with E-state index in [4.69, 9.17) is 0 Å². The van der Waals surface area contributed by atoms with Crippen molar-refractivity contribution in [3.63, 3.8) is 0 Å². The Morgan fingerprint density at radius 2 is 2.00 bits per heavy atom. The molecule has 0 aliphatic rings. The molecular formula is C13H25ClN4O. The number of carbonyl (C=O) groups excluding carboxylic acids is 1. The zero-order chi connectivity index (χ0) is 13.8. The maximum Gasteiger partial charge on any atom is 0.254 e. The van der Waals surface area contributed by atoms with Gasteiger partial charge < -0.3 is 10.6 Å². The summed E-state index contributed by atoms with van der Waals surface area (Å²) in [6.45, 7) is 9.69. The van der Waals surface area contributed by atoms with Crippen molar-refractivity contribution >= 4 is 18.3 Å². The van der Waals surface area contributed by atoms with E-state index in [9.17, 15) is 4.79 Å². The standard InChI is InChI=1S/C13H24N4O.ClH/c1-6-11-10(12(18)15-8-7-14-5)9-16-17(11)13(2,3)4;/h9,14H,6-8H2,1-5H3,(H,15,18);1H. The van der Waals surface area contributed by atoms with Crippen molar-refractivity contribution in [2.75, 3.05) is 20.1 Å². The summed E-state index contributed by atoms with van der Waals surface area (Å²) in [4.78, 5) is 12.0. The number of rotatable bonds is 5. The molecule has 110 valence electrons. The largest absolute Gasteiger partial charge is 0.351 e. The summed E-state index contributed by atoms with van der Waals surface area (Å²) in [5, 5.41) is 10.2. The monoisotopic (exact) mass is 288 g/mol. The minimum absolute atomic E-state index is 0. The third kappa shape index (κ3) is 4.51. The summed E-state index contributed by atoms with van der Waals surface area (Å²) in [6.07, 6.45) is 2.46. The van der Waals surface area contributed by atoms with Gasteiger partial charge in [0, 0.05) is 13.1 Å². The van der Waals surface area contributed by atoms with E-state index >= 15 is 0 Å². The van der Waals surface area contributed by atoms with E-state index in [1.807, 2.05) is 18.7 Å². The highest BCUT2D eigenvalue weighted by Gasteiger charge is 2.22. The van der Waals surface area contributed by atoms with Crippen LogP contribution in [0.1, 0.15) is 43.7 Å². The van der Waals surface area contributed by atoms with Crippen LogP contribution in [0, 0.1) is 0 Å². The van der Waals surface area contributed by atoms with Gasteiger partial charge in [0.25, 0.3) is 5.91 Å². The predicted octanol–water partition coefficient (Wildman–Crippen LogP) is 1.57. The summed E-state index contributed by atoms with van der Waals surface area (Å²) >= 11 is 0. The first-order chi connectivity index (χ1) is 8.41. The highest BCUT2D eigenvalue weighted by atomic mass is 35.5. The molecule has 0 spiro atoms. The lowest BCUT2D eigenvalue weighted by Crippen LogP contribution is -2.31. The van der Waals surface area contributed by atoms with Gasteiger partial charge in [0.15, 0.2) is 0 Å². The fraction of sp³-hybridized carbons (Fsp3) is 0.692. The van der Waals surface area contributed by atoms with Crippen molar-refractivity contribution in [3.8, 4) is 0 Å². The third-order valence-corrected chi connectivity index (χ3v) is 2.74. The van der Waals surface area contributed by atoms with Gasteiger partial charge in [-0.3, -0.25) is 9.48 Å². The fourth-order valence-electron chi connectivity index (χ4n) is 1.88. The topological polar surface area (TPSA) is 59.0 Å². The summed E-state index contributed by atoms with van der Waals surface area (Å²) in [6, 6.07) is 0. The molecule has 2 N–H and O–H groups in total. The quantitative estimate of drug-likeness (QED) is 0.809. The number of hydrogen-bond donors (Lipinski definition) is 2. The molecule has 0 atom stereocenters. The van der Waals surface area contributed by atoms with Crippen molar-refractivity contribution < 1.29 is 4.79 Å². The van der Waals surface area contributed by atoms with Crippen LogP contribution in [0.5, 0.6) is 0 Å². The van der Waals surface area contributed by atoms with Gasteiger partial charge >= 0.3 is 0 Å². The van der Waals surface area contributed by atoms with E-state index in [1.165, 1.54) is 0 Å². The van der Waals surface area contributed by atoms with Gasteiger partial charge in [-0.05, 0) is 34.2 Å². The van der Waals surface area contributed by atoms with E-state index in [0.29, 0.717) is 12.1 Å². The Kier molecular flexibility index (Phi) is 7.08. The molecule has 1 rings (SSSR count). The molecule has 0 aromatic carbocycles. The molecule has 0 unspecified atom stereocenters. The molecule has 1 aromatic heterocycles. The van der Waals surface area contributed by atoms with Crippen molar-refractivity contribution in [3.05, 3.63) is 17.5 Å². The molecule has 0 saturated carbocycles. The van der Waals surface area contributed by atoms with Crippen LogP contribution in [0.15, 0.2) is 6.20 Å². The lowest BCUT2D eigenvalue weighted by molar-refractivity contribution is 0.0953. The number of hydrogen-bond acceptors (Lipinski definition) is 3. The molecule has 6 heteroatoms. The Labute approximate surface area is 121 Å². The zero-order valence-electron chi connectivity index (χ0n) is 12.4. The van der Waals surface area contributed by atoms with Crippen molar-refractivity contribution in [2.45, 2.75) is 39.7 Å².